The van der Waals surface area contributed by atoms with E-state index in [0.29, 0.717) is 49.1 Å². The third-order valence-electron chi connectivity index (χ3n) is 4.48. The molecule has 10 nitrogen and oxygen atoms in total. The molecule has 0 unspecified atom stereocenters. The number of nitrogens with zero attached hydrogens (tertiary/aromatic N) is 5. The van der Waals surface area contributed by atoms with E-state index < -0.39 is 0 Å². The lowest BCUT2D eigenvalue weighted by atomic mass is 10.1. The molecule has 1 saturated heterocycles. The Morgan fingerprint density at radius 2 is 2.03 bits per heavy atom. The first-order valence-electron chi connectivity index (χ1n) is 9.40. The molecule has 1 aliphatic rings. The van der Waals surface area contributed by atoms with E-state index in [0.717, 1.165) is 0 Å². The second-order valence-corrected chi connectivity index (χ2v) is 6.91. The van der Waals surface area contributed by atoms with E-state index in [9.17, 15) is 9.59 Å². The van der Waals surface area contributed by atoms with Gasteiger partial charge in [0.15, 0.2) is 5.82 Å². The summed E-state index contributed by atoms with van der Waals surface area (Å²) in [5.41, 5.74) is 0. The molecule has 0 bridgehead atoms. The molecule has 2 amide bonds. The average Bonchev–Trinajstić information content (AvgIpc) is 3.15. The number of tetrazole rings is 1. The second kappa shape index (κ2) is 10.1. The van der Waals surface area contributed by atoms with Crippen LogP contribution in [0.3, 0.4) is 0 Å². The SMILES string of the molecule is CCOC(=O)N1CCC(NC(=O)Cn2nnnc2COc2ccccc2Cl)CC1. The van der Waals surface area contributed by atoms with Crippen molar-refractivity contribution in [1.29, 1.82) is 0 Å². The van der Waals surface area contributed by atoms with Gasteiger partial charge in [0.2, 0.25) is 5.91 Å². The molecule has 2 aromatic rings. The number of carbonyl (C=O) groups is 2. The van der Waals surface area contributed by atoms with E-state index in [-0.39, 0.29) is 31.2 Å². The summed E-state index contributed by atoms with van der Waals surface area (Å²) in [5.74, 6) is 0.726. The van der Waals surface area contributed by atoms with Crippen molar-refractivity contribution in [3.63, 3.8) is 0 Å². The van der Waals surface area contributed by atoms with Crippen molar-refractivity contribution in [2.45, 2.75) is 39.0 Å². The van der Waals surface area contributed by atoms with Crippen molar-refractivity contribution in [3.05, 3.63) is 35.1 Å². The van der Waals surface area contributed by atoms with E-state index in [1.54, 1.807) is 30.0 Å². The molecule has 1 aliphatic heterocycles. The van der Waals surface area contributed by atoms with Crippen molar-refractivity contribution in [2.24, 2.45) is 0 Å². The average molecular weight is 423 g/mol. The third kappa shape index (κ3) is 5.80. The van der Waals surface area contributed by atoms with Gasteiger partial charge in [-0.25, -0.2) is 9.48 Å². The lowest BCUT2D eigenvalue weighted by Crippen LogP contribution is -2.47. The van der Waals surface area contributed by atoms with E-state index in [1.807, 2.05) is 6.07 Å². The van der Waals surface area contributed by atoms with Crippen LogP contribution in [-0.2, 0) is 22.7 Å². The number of amides is 2. The number of hydrogen-bond acceptors (Lipinski definition) is 7. The lowest BCUT2D eigenvalue weighted by Gasteiger charge is -2.31. The molecular weight excluding hydrogens is 400 g/mol. The van der Waals surface area contributed by atoms with Gasteiger partial charge in [0.05, 0.1) is 11.6 Å². The number of para-hydroxylation sites is 1. The smallest absolute Gasteiger partial charge is 0.409 e. The number of carbonyl (C=O) groups excluding carboxylic acids is 2. The highest BCUT2D eigenvalue weighted by Gasteiger charge is 2.25. The molecule has 0 spiro atoms. The molecule has 1 N–H and O–H groups in total. The summed E-state index contributed by atoms with van der Waals surface area (Å²) in [6.07, 6.45) is 1.03. The van der Waals surface area contributed by atoms with Crippen LogP contribution in [0.4, 0.5) is 4.79 Å². The Bertz CT molecular complexity index is 837. The Morgan fingerprint density at radius 1 is 1.28 bits per heavy atom. The first kappa shape index (κ1) is 20.8. The van der Waals surface area contributed by atoms with Crippen molar-refractivity contribution in [3.8, 4) is 5.75 Å². The van der Waals surface area contributed by atoms with Gasteiger partial charge in [0.1, 0.15) is 18.9 Å². The number of ether oxygens (including phenoxy) is 2. The Kier molecular flexibility index (Phi) is 7.23. The zero-order valence-corrected chi connectivity index (χ0v) is 16.8. The van der Waals surface area contributed by atoms with Crippen LogP contribution in [0.2, 0.25) is 5.02 Å². The van der Waals surface area contributed by atoms with Gasteiger partial charge in [-0.15, -0.1) is 5.10 Å². The summed E-state index contributed by atoms with van der Waals surface area (Å²) < 4.78 is 12.0. The van der Waals surface area contributed by atoms with Crippen molar-refractivity contribution >= 4 is 23.6 Å². The maximum atomic E-state index is 12.4. The van der Waals surface area contributed by atoms with Gasteiger partial charge >= 0.3 is 6.09 Å². The maximum absolute atomic E-state index is 12.4. The molecule has 156 valence electrons. The second-order valence-electron chi connectivity index (χ2n) is 6.50. The molecule has 2 heterocycles. The minimum absolute atomic E-state index is 0.00696. The number of aromatic nitrogens is 4. The quantitative estimate of drug-likeness (QED) is 0.721. The van der Waals surface area contributed by atoms with Crippen molar-refractivity contribution in [1.82, 2.24) is 30.4 Å². The third-order valence-corrected chi connectivity index (χ3v) is 4.79. The summed E-state index contributed by atoms with van der Waals surface area (Å²) >= 11 is 6.06. The predicted molar refractivity (Wildman–Crippen MR) is 103 cm³/mol. The molecule has 1 aromatic heterocycles. The Hall–Kier alpha value is -2.88. The number of likely N-dealkylation sites (tertiary alicyclic amines) is 1. The minimum atomic E-state index is -0.311. The van der Waals surface area contributed by atoms with Crippen LogP contribution in [0, 0.1) is 0 Å². The molecule has 0 atom stereocenters. The fourth-order valence-corrected chi connectivity index (χ4v) is 3.17. The molecule has 11 heteroatoms. The van der Waals surface area contributed by atoms with Gasteiger partial charge in [-0.2, -0.15) is 0 Å². The van der Waals surface area contributed by atoms with E-state index in [1.165, 1.54) is 4.68 Å². The van der Waals surface area contributed by atoms with Crippen LogP contribution < -0.4 is 10.1 Å². The van der Waals surface area contributed by atoms with Gasteiger partial charge in [-0.05, 0) is 42.3 Å². The number of piperidine rings is 1. The van der Waals surface area contributed by atoms with Gasteiger partial charge in [-0.1, -0.05) is 23.7 Å². The fourth-order valence-electron chi connectivity index (χ4n) is 2.98. The highest BCUT2D eigenvalue weighted by Crippen LogP contribution is 2.23. The summed E-state index contributed by atoms with van der Waals surface area (Å²) in [6.45, 7) is 3.28. The van der Waals surface area contributed by atoms with Crippen LogP contribution in [-0.4, -0.2) is 62.8 Å². The summed E-state index contributed by atoms with van der Waals surface area (Å²) in [5, 5.41) is 14.8. The molecular formula is C18H23ClN6O4. The molecule has 0 radical (unpaired) electrons. The molecule has 0 aliphatic carbocycles. The Morgan fingerprint density at radius 3 is 2.76 bits per heavy atom. The number of halogens is 1. The maximum Gasteiger partial charge on any atom is 0.409 e. The normalized spacial score (nSPS) is 14.5. The molecule has 3 rings (SSSR count). The largest absolute Gasteiger partial charge is 0.484 e. The molecule has 1 aromatic carbocycles. The Balaban J connectivity index is 1.46. The highest BCUT2D eigenvalue weighted by atomic mass is 35.5. The number of nitrogens with one attached hydrogen (secondary N) is 1. The number of hydrogen-bond donors (Lipinski definition) is 1. The van der Waals surface area contributed by atoms with Crippen LogP contribution in [0.25, 0.3) is 0 Å². The van der Waals surface area contributed by atoms with Crippen LogP contribution in [0.1, 0.15) is 25.6 Å². The van der Waals surface area contributed by atoms with E-state index in [4.69, 9.17) is 21.1 Å². The molecule has 0 saturated carbocycles. The first-order chi connectivity index (χ1) is 14.1. The van der Waals surface area contributed by atoms with Crippen molar-refractivity contribution in [2.75, 3.05) is 19.7 Å². The topological polar surface area (TPSA) is 111 Å². The van der Waals surface area contributed by atoms with Crippen LogP contribution in [0.5, 0.6) is 5.75 Å². The highest BCUT2D eigenvalue weighted by molar-refractivity contribution is 6.32. The summed E-state index contributed by atoms with van der Waals surface area (Å²) in [4.78, 5) is 25.8. The lowest BCUT2D eigenvalue weighted by molar-refractivity contribution is -0.122. The zero-order chi connectivity index (χ0) is 20.6. The summed E-state index contributed by atoms with van der Waals surface area (Å²) in [6, 6.07) is 7.07. The standard InChI is InChI=1S/C18H23ClN6O4/c1-2-28-18(27)24-9-7-13(8-10-24)20-17(26)11-25-16(21-22-23-25)12-29-15-6-4-3-5-14(15)19/h3-6,13H,2,7-12H2,1H3,(H,20,26). The van der Waals surface area contributed by atoms with Gasteiger partial charge < -0.3 is 19.7 Å². The van der Waals surface area contributed by atoms with Gasteiger partial charge in [0.25, 0.3) is 0 Å². The minimum Gasteiger partial charge on any atom is -0.484 e. The number of rotatable bonds is 7. The monoisotopic (exact) mass is 422 g/mol. The molecule has 29 heavy (non-hydrogen) atoms. The van der Waals surface area contributed by atoms with Crippen molar-refractivity contribution < 1.29 is 19.1 Å². The Labute approximate surface area is 173 Å². The van der Waals surface area contributed by atoms with Crippen LogP contribution in [0.15, 0.2) is 24.3 Å². The van der Waals surface area contributed by atoms with E-state index in [2.05, 4.69) is 20.8 Å². The molecule has 1 fully saturated rings. The fraction of sp³-hybridized carbons (Fsp3) is 0.500. The predicted octanol–water partition coefficient (Wildman–Crippen LogP) is 1.64. The van der Waals surface area contributed by atoms with Crippen LogP contribution >= 0.6 is 11.6 Å². The van der Waals surface area contributed by atoms with Gasteiger partial charge in [0, 0.05) is 19.1 Å². The summed E-state index contributed by atoms with van der Waals surface area (Å²) in [7, 11) is 0. The number of benzene rings is 1. The van der Waals surface area contributed by atoms with Gasteiger partial charge in [-0.3, -0.25) is 4.79 Å². The van der Waals surface area contributed by atoms with E-state index >= 15 is 0 Å². The zero-order valence-electron chi connectivity index (χ0n) is 16.1. The first-order valence-corrected chi connectivity index (χ1v) is 9.78.